The number of fused-ring (bicyclic) bond motifs is 4. The van der Waals surface area contributed by atoms with E-state index in [1.165, 1.54) is 138 Å². The molecule has 2 amide bonds. The Bertz CT molecular complexity index is 3350. The summed E-state index contributed by atoms with van der Waals surface area (Å²) in [4.78, 5) is 64.1. The van der Waals surface area contributed by atoms with Crippen LogP contribution in [0.2, 0.25) is 0 Å². The van der Waals surface area contributed by atoms with E-state index in [0.29, 0.717) is 76.7 Å². The molecule has 4 aliphatic rings. The Labute approximate surface area is 520 Å². The molecule has 0 spiro atoms. The molecular weight excluding hydrogens is 1120 g/mol. The van der Waals surface area contributed by atoms with E-state index in [1.54, 1.807) is 19.3 Å². The van der Waals surface area contributed by atoms with Gasteiger partial charge in [0.05, 0.1) is 35.7 Å². The number of ether oxygens (including phenoxy) is 3. The van der Waals surface area contributed by atoms with Gasteiger partial charge in [0.25, 0.3) is 0 Å². The summed E-state index contributed by atoms with van der Waals surface area (Å²) in [6, 6.07) is 12.3. The van der Waals surface area contributed by atoms with Gasteiger partial charge >= 0.3 is 17.7 Å². The van der Waals surface area contributed by atoms with Crippen LogP contribution in [0.15, 0.2) is 53.5 Å². The number of pyridine rings is 1. The van der Waals surface area contributed by atoms with E-state index in [1.807, 2.05) is 32.0 Å². The number of halogens is 2. The first-order chi connectivity index (χ1) is 42.2. The lowest BCUT2D eigenvalue weighted by molar-refractivity contribution is -0.142. The van der Waals surface area contributed by atoms with Crippen molar-refractivity contribution in [1.29, 1.82) is 0 Å². The number of methoxy groups -OCH3 is 1. The molecule has 0 saturated carbocycles. The second-order valence-corrected chi connectivity index (χ2v) is 25.3. The Balaban J connectivity index is 0.000000178. The maximum atomic E-state index is 16.1. The summed E-state index contributed by atoms with van der Waals surface area (Å²) < 4.78 is 50.6. The van der Waals surface area contributed by atoms with Gasteiger partial charge in [-0.3, -0.25) is 38.7 Å². The second kappa shape index (κ2) is 32.8. The number of esters is 1. The van der Waals surface area contributed by atoms with Gasteiger partial charge in [-0.15, -0.1) is 0 Å². The van der Waals surface area contributed by atoms with Crippen LogP contribution < -0.4 is 20.6 Å². The minimum absolute atomic E-state index is 0.00702. The lowest BCUT2D eigenvalue weighted by Crippen LogP contribution is -2.44. The molecule has 4 saturated heterocycles. The number of imide groups is 1. The van der Waals surface area contributed by atoms with Gasteiger partial charge in [-0.2, -0.15) is 9.97 Å². The first kappa shape index (κ1) is 69.0. The highest BCUT2D eigenvalue weighted by Gasteiger charge is 2.37. The number of piperidine rings is 2. The highest BCUT2D eigenvalue weighted by Crippen LogP contribution is 2.40. The van der Waals surface area contributed by atoms with E-state index < -0.39 is 17.8 Å². The lowest BCUT2D eigenvalue weighted by Gasteiger charge is -2.32. The number of nitrogens with zero attached hydrogens (tertiary/aromatic N) is 7. The molecular formula is C70H100F2N8O8. The van der Waals surface area contributed by atoms with Crippen LogP contribution in [0.5, 0.6) is 11.8 Å². The van der Waals surface area contributed by atoms with Crippen LogP contribution in [0.4, 0.5) is 14.6 Å². The third-order valence-electron chi connectivity index (χ3n) is 18.5. The smallest absolute Gasteiger partial charge is 0.329 e. The number of rotatable bonds is 21. The largest absolute Gasteiger partial charge is 0.508 e. The molecule has 3 aromatic carbocycles. The van der Waals surface area contributed by atoms with E-state index in [-0.39, 0.29) is 52.8 Å². The number of amides is 2. The van der Waals surface area contributed by atoms with E-state index >= 15 is 4.39 Å². The van der Waals surface area contributed by atoms with Crippen molar-refractivity contribution in [2.24, 2.45) is 24.8 Å². The van der Waals surface area contributed by atoms with Gasteiger partial charge in [0.2, 0.25) is 11.8 Å². The average molecular weight is 1220 g/mol. The number of carbonyl (C=O) groups is 3. The first-order valence-corrected chi connectivity index (χ1v) is 32.9. The van der Waals surface area contributed by atoms with Crippen molar-refractivity contribution in [1.82, 2.24) is 34.3 Å². The van der Waals surface area contributed by atoms with Gasteiger partial charge < -0.3 is 24.2 Å². The van der Waals surface area contributed by atoms with Crippen molar-refractivity contribution in [2.45, 2.75) is 222 Å². The first-order valence-electron chi connectivity index (χ1n) is 32.9. The van der Waals surface area contributed by atoms with E-state index in [9.17, 15) is 28.7 Å². The summed E-state index contributed by atoms with van der Waals surface area (Å²) in [5.41, 5.74) is 3.16. The number of aromatic hydroxyl groups is 1. The van der Waals surface area contributed by atoms with Gasteiger partial charge in [-0.25, -0.2) is 13.6 Å². The van der Waals surface area contributed by atoms with Gasteiger partial charge in [-0.1, -0.05) is 93.2 Å². The third-order valence-corrected chi connectivity index (χ3v) is 18.5. The number of carbonyl (C=O) groups excluding carboxylic acids is 3. The molecule has 0 aliphatic carbocycles. The maximum absolute atomic E-state index is 16.1. The number of hydrogen-bond acceptors (Lipinski definition) is 13. The minimum atomic E-state index is -0.664. The maximum Gasteiger partial charge on any atom is 0.329 e. The summed E-state index contributed by atoms with van der Waals surface area (Å²) >= 11 is 0. The number of aromatic nitrogens is 5. The molecule has 8 unspecified atom stereocenters. The topological polar surface area (TPSA) is 183 Å². The molecule has 6 aromatic rings. The van der Waals surface area contributed by atoms with Crippen molar-refractivity contribution < 1.29 is 42.5 Å². The predicted molar refractivity (Wildman–Crippen MR) is 347 cm³/mol. The SMILES string of the molecule is CC(=O)OCC1CCC2CCCN21.CCCC(CCC(C)CC)OC(CCC)CCC(C)CC.CCc1c(F)ccc2cc(O)cc(-c3ncc4c(N5CCCC(C)C5)nc(OC)nc4c3F)c12.Cc1ccc2c(c1)n(C)c(=O)n2C1CCC(=O)NC1=O. The summed E-state index contributed by atoms with van der Waals surface area (Å²) in [7, 11) is 3.13. The van der Waals surface area contributed by atoms with Crippen molar-refractivity contribution in [2.75, 3.05) is 38.3 Å². The standard InChI is InChI=1S/C26H26F2N4O2.C20H42O.C14H15N3O3.C10H17NO2/c1-4-17-20(27)8-7-15-10-16(33)11-18(21(15)17)23-22(28)24-19(12-29-23)25(31-26(30-24)34-3)32-9-5-6-14(2)13-32;1-7-11-19(15-13-17(5)9-3)21-20(12-8-2)16-14-18(6)10-4;1-8-3-4-9-11(7-8)16(2)14(20)17(9)10-5-6-12(18)15-13(10)19;1-8(12)13-7-10-5-4-9-3-2-6-11(9)10/h7-8,10-12,14,33H,4-6,9,13H2,1-3H3;17-20H,7-16H2,1-6H3;3-4,7,10H,5-6H2,1-2H3,(H,15,18,19);9-10H,2-7H2,1H3. The molecule has 88 heavy (non-hydrogen) atoms. The molecule has 7 heterocycles. The van der Waals surface area contributed by atoms with Crippen LogP contribution in [0.25, 0.3) is 44.0 Å². The van der Waals surface area contributed by atoms with Gasteiger partial charge in [-0.05, 0) is 173 Å². The Morgan fingerprint density at radius 2 is 1.52 bits per heavy atom. The summed E-state index contributed by atoms with van der Waals surface area (Å²) in [5, 5.41) is 14.3. The monoisotopic (exact) mass is 1220 g/mol. The number of phenolic OH excluding ortho intramolecular Hbond substituents is 1. The van der Waals surface area contributed by atoms with E-state index in [2.05, 4.69) is 78.5 Å². The van der Waals surface area contributed by atoms with Crippen molar-refractivity contribution in [3.8, 4) is 23.0 Å². The molecule has 8 atom stereocenters. The Morgan fingerprint density at radius 1 is 0.830 bits per heavy atom. The molecule has 482 valence electrons. The molecule has 18 heteroatoms. The van der Waals surface area contributed by atoms with Crippen LogP contribution >= 0.6 is 0 Å². The number of hydrogen-bond donors (Lipinski definition) is 2. The summed E-state index contributed by atoms with van der Waals surface area (Å²) in [5.74, 6) is 0.831. The number of phenols is 1. The molecule has 4 aliphatic heterocycles. The molecule has 2 N–H and O–H groups in total. The van der Waals surface area contributed by atoms with Crippen LogP contribution in [-0.4, -0.2) is 110 Å². The fourth-order valence-electron chi connectivity index (χ4n) is 13.1. The van der Waals surface area contributed by atoms with Crippen molar-refractivity contribution in [3.05, 3.63) is 81.9 Å². The Hall–Kier alpha value is -6.53. The normalized spacial score (nSPS) is 19.8. The molecule has 0 radical (unpaired) electrons. The quantitative estimate of drug-likeness (QED) is 0.0513. The van der Waals surface area contributed by atoms with Crippen LogP contribution in [0.3, 0.4) is 0 Å². The molecule has 4 fully saturated rings. The highest BCUT2D eigenvalue weighted by molar-refractivity contribution is 6.02. The van der Waals surface area contributed by atoms with Crippen LogP contribution in [0, 0.1) is 36.3 Å². The summed E-state index contributed by atoms with van der Waals surface area (Å²) in [6.45, 7) is 24.8. The second-order valence-electron chi connectivity index (χ2n) is 25.3. The number of anilines is 1. The fraction of sp³-hybridized carbons (Fsp3) is 0.614. The third kappa shape index (κ3) is 17.4. The number of benzene rings is 3. The van der Waals surface area contributed by atoms with E-state index in [0.717, 1.165) is 60.4 Å². The zero-order valence-corrected chi connectivity index (χ0v) is 54.7. The van der Waals surface area contributed by atoms with Gasteiger partial charge in [0, 0.05) is 57.3 Å². The number of aryl methyl sites for hydroxylation is 3. The molecule has 3 aromatic heterocycles. The van der Waals surface area contributed by atoms with E-state index in [4.69, 9.17) is 14.2 Å². The predicted octanol–water partition coefficient (Wildman–Crippen LogP) is 14.4. The van der Waals surface area contributed by atoms with Gasteiger partial charge in [0.1, 0.15) is 41.2 Å². The lowest BCUT2D eigenvalue weighted by atomic mass is 9.94. The Morgan fingerprint density at radius 3 is 2.15 bits per heavy atom. The molecule has 10 rings (SSSR count). The number of nitrogens with one attached hydrogen (secondary N) is 1. The zero-order valence-electron chi connectivity index (χ0n) is 54.7. The van der Waals surface area contributed by atoms with Crippen LogP contribution in [-0.2, 0) is 37.3 Å². The minimum Gasteiger partial charge on any atom is -0.508 e. The molecule has 0 bridgehead atoms. The zero-order chi connectivity index (χ0) is 63.8. The Kier molecular flexibility index (Phi) is 25.7. The van der Waals surface area contributed by atoms with Crippen molar-refractivity contribution in [3.63, 3.8) is 0 Å². The molecule has 16 nitrogen and oxygen atoms in total. The summed E-state index contributed by atoms with van der Waals surface area (Å²) in [6.07, 6.45) is 23.6. The average Bonchev–Trinajstić information content (AvgIpc) is 1.15. The van der Waals surface area contributed by atoms with Gasteiger partial charge in [0.15, 0.2) is 5.82 Å². The number of imidazole rings is 1. The highest BCUT2D eigenvalue weighted by atomic mass is 19.1. The van der Waals surface area contributed by atoms with Crippen LogP contribution in [0.1, 0.15) is 195 Å². The fourth-order valence-corrected chi connectivity index (χ4v) is 13.1. The van der Waals surface area contributed by atoms with Crippen molar-refractivity contribution >= 4 is 56.3 Å².